The minimum atomic E-state index is -3.21. The number of rotatable bonds is 4. The van der Waals surface area contributed by atoms with Crippen molar-refractivity contribution < 1.29 is 13.5 Å². The molecule has 0 fully saturated rings. The van der Waals surface area contributed by atoms with Crippen LogP contribution in [0.25, 0.3) is 0 Å². The predicted molar refractivity (Wildman–Crippen MR) is 65.1 cm³/mol. The molecule has 4 heteroatoms. The van der Waals surface area contributed by atoms with Crippen LogP contribution in [0.4, 0.5) is 0 Å². The molecule has 0 heterocycles. The van der Waals surface area contributed by atoms with Crippen LogP contribution < -0.4 is 0 Å². The zero-order valence-corrected chi connectivity index (χ0v) is 10.7. The van der Waals surface area contributed by atoms with Crippen molar-refractivity contribution in [2.45, 2.75) is 32.1 Å². The molecule has 0 amide bonds. The SMILES string of the molecule is CCS(=O)(=O)[C@H](C)[C@@H](O)c1ccc(C)cc1. The molecule has 1 aromatic rings. The summed E-state index contributed by atoms with van der Waals surface area (Å²) in [5.41, 5.74) is 1.73. The minimum absolute atomic E-state index is 0.0527. The molecule has 0 saturated heterocycles. The van der Waals surface area contributed by atoms with Gasteiger partial charge in [0.2, 0.25) is 0 Å². The maximum atomic E-state index is 11.6. The van der Waals surface area contributed by atoms with Gasteiger partial charge in [0, 0.05) is 5.75 Å². The Labute approximate surface area is 97.0 Å². The van der Waals surface area contributed by atoms with Gasteiger partial charge >= 0.3 is 0 Å². The highest BCUT2D eigenvalue weighted by Gasteiger charge is 2.27. The van der Waals surface area contributed by atoms with Gasteiger partial charge in [-0.1, -0.05) is 36.8 Å². The van der Waals surface area contributed by atoms with E-state index in [0.717, 1.165) is 5.56 Å². The summed E-state index contributed by atoms with van der Waals surface area (Å²) in [6.07, 6.45) is -0.953. The number of hydrogen-bond donors (Lipinski definition) is 1. The summed E-state index contributed by atoms with van der Waals surface area (Å²) in [7, 11) is -3.21. The van der Waals surface area contributed by atoms with Crippen LogP contribution in [0.1, 0.15) is 31.1 Å². The third-order valence-corrected chi connectivity index (χ3v) is 5.03. The first-order chi connectivity index (χ1) is 7.38. The zero-order valence-electron chi connectivity index (χ0n) is 9.84. The van der Waals surface area contributed by atoms with Crippen molar-refractivity contribution in [3.05, 3.63) is 35.4 Å². The first kappa shape index (κ1) is 13.2. The Kier molecular flexibility index (Phi) is 4.10. The lowest BCUT2D eigenvalue weighted by atomic mass is 10.1. The number of hydrogen-bond acceptors (Lipinski definition) is 3. The average Bonchev–Trinajstić information content (AvgIpc) is 2.28. The van der Waals surface area contributed by atoms with Crippen LogP contribution in [0, 0.1) is 6.92 Å². The Balaban J connectivity index is 2.94. The molecule has 1 aromatic carbocycles. The van der Waals surface area contributed by atoms with Gasteiger partial charge in [-0.15, -0.1) is 0 Å². The van der Waals surface area contributed by atoms with Crippen LogP contribution >= 0.6 is 0 Å². The highest BCUT2D eigenvalue weighted by molar-refractivity contribution is 7.92. The molecule has 0 aliphatic carbocycles. The molecule has 0 spiro atoms. The zero-order chi connectivity index (χ0) is 12.3. The molecule has 3 nitrogen and oxygen atoms in total. The number of aliphatic hydroxyl groups is 1. The van der Waals surface area contributed by atoms with E-state index in [9.17, 15) is 13.5 Å². The van der Waals surface area contributed by atoms with Gasteiger partial charge < -0.3 is 5.11 Å². The topological polar surface area (TPSA) is 54.4 Å². The van der Waals surface area contributed by atoms with Crippen LogP contribution in [0.3, 0.4) is 0 Å². The molecule has 0 radical (unpaired) electrons. The predicted octanol–water partition coefficient (Wildman–Crippen LogP) is 1.85. The maximum absolute atomic E-state index is 11.6. The van der Waals surface area contributed by atoms with Crippen molar-refractivity contribution in [2.75, 3.05) is 5.75 Å². The third-order valence-electron chi connectivity index (χ3n) is 2.83. The van der Waals surface area contributed by atoms with E-state index in [1.807, 2.05) is 19.1 Å². The number of aryl methyl sites for hydroxylation is 1. The summed E-state index contributed by atoms with van der Waals surface area (Å²) in [5.74, 6) is 0.0527. The standard InChI is InChI=1S/C12H18O3S/c1-4-16(14,15)10(3)12(13)11-7-5-9(2)6-8-11/h5-8,10,12-13H,4H2,1-3H3/t10-,12-/m1/s1. The van der Waals surface area contributed by atoms with E-state index in [0.29, 0.717) is 5.56 Å². The van der Waals surface area contributed by atoms with Crippen LogP contribution in [0.5, 0.6) is 0 Å². The van der Waals surface area contributed by atoms with Crippen molar-refractivity contribution in [2.24, 2.45) is 0 Å². The Morgan fingerprint density at radius 2 is 1.75 bits per heavy atom. The van der Waals surface area contributed by atoms with E-state index < -0.39 is 21.2 Å². The van der Waals surface area contributed by atoms with Gasteiger partial charge in [0.25, 0.3) is 0 Å². The van der Waals surface area contributed by atoms with E-state index in [4.69, 9.17) is 0 Å². The number of benzene rings is 1. The summed E-state index contributed by atoms with van der Waals surface area (Å²) in [4.78, 5) is 0. The van der Waals surface area contributed by atoms with Crippen molar-refractivity contribution >= 4 is 9.84 Å². The summed E-state index contributed by atoms with van der Waals surface area (Å²) >= 11 is 0. The molecule has 0 bridgehead atoms. The fraction of sp³-hybridized carbons (Fsp3) is 0.500. The van der Waals surface area contributed by atoms with Crippen LogP contribution in [0.15, 0.2) is 24.3 Å². The van der Waals surface area contributed by atoms with Gasteiger partial charge in [0.1, 0.15) is 0 Å². The fourth-order valence-electron chi connectivity index (χ4n) is 1.49. The molecule has 16 heavy (non-hydrogen) atoms. The smallest absolute Gasteiger partial charge is 0.155 e. The first-order valence-electron chi connectivity index (χ1n) is 5.34. The monoisotopic (exact) mass is 242 g/mol. The molecule has 0 aliphatic heterocycles. The number of aliphatic hydroxyl groups excluding tert-OH is 1. The van der Waals surface area contributed by atoms with Crippen LogP contribution in [-0.2, 0) is 9.84 Å². The molecule has 0 aromatic heterocycles. The first-order valence-corrected chi connectivity index (χ1v) is 7.06. The van der Waals surface area contributed by atoms with Gasteiger partial charge in [0.05, 0.1) is 11.4 Å². The Hall–Kier alpha value is -0.870. The number of sulfone groups is 1. The van der Waals surface area contributed by atoms with Crippen molar-refractivity contribution in [3.63, 3.8) is 0 Å². The van der Waals surface area contributed by atoms with Gasteiger partial charge in [-0.25, -0.2) is 8.42 Å². The van der Waals surface area contributed by atoms with Crippen molar-refractivity contribution in [3.8, 4) is 0 Å². The lowest BCUT2D eigenvalue weighted by molar-refractivity contribution is 0.176. The molecule has 0 saturated carbocycles. The van der Waals surface area contributed by atoms with Crippen molar-refractivity contribution in [1.82, 2.24) is 0 Å². The molecule has 0 aliphatic rings. The lowest BCUT2D eigenvalue weighted by Crippen LogP contribution is -2.26. The second-order valence-corrected chi connectivity index (χ2v) is 6.66. The molecular formula is C12H18O3S. The summed E-state index contributed by atoms with van der Waals surface area (Å²) in [5, 5.41) is 9.20. The summed E-state index contributed by atoms with van der Waals surface area (Å²) in [6.45, 7) is 5.08. The highest BCUT2D eigenvalue weighted by Crippen LogP contribution is 2.22. The van der Waals surface area contributed by atoms with Gasteiger partial charge in [-0.2, -0.15) is 0 Å². The van der Waals surface area contributed by atoms with Gasteiger partial charge in [-0.05, 0) is 19.4 Å². The summed E-state index contributed by atoms with van der Waals surface area (Å²) < 4.78 is 23.2. The highest BCUT2D eigenvalue weighted by atomic mass is 32.2. The van der Waals surface area contributed by atoms with E-state index >= 15 is 0 Å². The van der Waals surface area contributed by atoms with Gasteiger partial charge in [-0.3, -0.25) is 0 Å². The Bertz CT molecular complexity index is 434. The lowest BCUT2D eigenvalue weighted by Gasteiger charge is -2.18. The molecule has 0 unspecified atom stereocenters. The summed E-state index contributed by atoms with van der Waals surface area (Å²) in [6, 6.07) is 7.26. The quantitative estimate of drug-likeness (QED) is 0.876. The normalized spacial score (nSPS) is 15.8. The third kappa shape index (κ3) is 2.83. The Morgan fingerprint density at radius 3 is 2.19 bits per heavy atom. The van der Waals surface area contributed by atoms with Crippen LogP contribution in [0.2, 0.25) is 0 Å². The second-order valence-electron chi connectivity index (χ2n) is 4.01. The second kappa shape index (κ2) is 4.97. The van der Waals surface area contributed by atoms with E-state index in [-0.39, 0.29) is 5.75 Å². The average molecular weight is 242 g/mol. The Morgan fingerprint density at radius 1 is 1.25 bits per heavy atom. The minimum Gasteiger partial charge on any atom is -0.387 e. The van der Waals surface area contributed by atoms with E-state index in [1.54, 1.807) is 26.0 Å². The molecule has 1 N–H and O–H groups in total. The molecule has 1 rings (SSSR count). The molecular weight excluding hydrogens is 224 g/mol. The van der Waals surface area contributed by atoms with E-state index in [2.05, 4.69) is 0 Å². The largest absolute Gasteiger partial charge is 0.387 e. The fourth-order valence-corrected chi connectivity index (χ4v) is 2.57. The van der Waals surface area contributed by atoms with Crippen LogP contribution in [-0.4, -0.2) is 24.5 Å². The van der Waals surface area contributed by atoms with Gasteiger partial charge in [0.15, 0.2) is 9.84 Å². The molecule has 90 valence electrons. The maximum Gasteiger partial charge on any atom is 0.155 e. The molecule has 2 atom stereocenters. The van der Waals surface area contributed by atoms with E-state index in [1.165, 1.54) is 0 Å². The van der Waals surface area contributed by atoms with Crippen molar-refractivity contribution in [1.29, 1.82) is 0 Å².